The highest BCUT2D eigenvalue weighted by atomic mass is 32.1. The summed E-state index contributed by atoms with van der Waals surface area (Å²) in [6, 6.07) is 15.4. The van der Waals surface area contributed by atoms with Gasteiger partial charge in [-0.15, -0.1) is 11.3 Å². The van der Waals surface area contributed by atoms with Crippen LogP contribution in [0.25, 0.3) is 10.2 Å². The molecule has 0 bridgehead atoms. The Morgan fingerprint density at radius 3 is 2.85 bits per heavy atom. The Labute approximate surface area is 155 Å². The molecule has 0 unspecified atom stereocenters. The molecule has 0 fully saturated rings. The first kappa shape index (κ1) is 16.7. The summed E-state index contributed by atoms with van der Waals surface area (Å²) in [4.78, 5) is 32.7. The fourth-order valence-electron chi connectivity index (χ4n) is 3.05. The number of thiazole rings is 1. The molecular formula is C19H18N4O2S. The second-order valence-electron chi connectivity index (χ2n) is 6.29. The lowest BCUT2D eigenvalue weighted by atomic mass is 10.2. The maximum Gasteiger partial charge on any atom is 0.244 e. The first-order valence-corrected chi connectivity index (χ1v) is 9.14. The Bertz CT molecular complexity index is 951. The number of benzene rings is 2. The molecule has 2 amide bonds. The number of hydrogen-bond donors (Lipinski definition) is 1. The fraction of sp³-hybridized carbons (Fsp3) is 0.211. The van der Waals surface area contributed by atoms with Gasteiger partial charge < -0.3 is 5.32 Å². The van der Waals surface area contributed by atoms with Crippen LogP contribution in [0.3, 0.4) is 0 Å². The summed E-state index contributed by atoms with van der Waals surface area (Å²) in [6.07, 6.45) is 0. The number of aromatic nitrogens is 1. The molecule has 1 aliphatic rings. The van der Waals surface area contributed by atoms with Gasteiger partial charge >= 0.3 is 0 Å². The van der Waals surface area contributed by atoms with Crippen molar-refractivity contribution in [3.05, 3.63) is 53.5 Å². The van der Waals surface area contributed by atoms with E-state index in [0.29, 0.717) is 12.2 Å². The molecule has 2 heterocycles. The van der Waals surface area contributed by atoms with Crippen LogP contribution in [0.4, 0.5) is 11.4 Å². The van der Waals surface area contributed by atoms with Crippen molar-refractivity contribution in [2.75, 3.05) is 30.4 Å². The highest BCUT2D eigenvalue weighted by Crippen LogP contribution is 2.29. The molecule has 132 valence electrons. The van der Waals surface area contributed by atoms with E-state index in [1.54, 1.807) is 22.3 Å². The first-order chi connectivity index (χ1) is 12.6. The van der Waals surface area contributed by atoms with Crippen molar-refractivity contribution in [1.82, 2.24) is 9.88 Å². The summed E-state index contributed by atoms with van der Waals surface area (Å²) < 4.78 is 1.14. The average Bonchev–Trinajstić information content (AvgIpc) is 3.02. The van der Waals surface area contributed by atoms with Crippen molar-refractivity contribution in [1.29, 1.82) is 0 Å². The first-order valence-electron chi connectivity index (χ1n) is 8.32. The van der Waals surface area contributed by atoms with Crippen LogP contribution in [0.5, 0.6) is 0 Å². The smallest absolute Gasteiger partial charge is 0.244 e. The summed E-state index contributed by atoms with van der Waals surface area (Å²) in [5.41, 5.74) is 2.39. The minimum Gasteiger partial charge on any atom is -0.323 e. The van der Waals surface area contributed by atoms with E-state index in [4.69, 9.17) is 0 Å². The fourth-order valence-corrected chi connectivity index (χ4v) is 4.09. The molecule has 0 saturated carbocycles. The third kappa shape index (κ3) is 3.31. The van der Waals surface area contributed by atoms with Gasteiger partial charge in [-0.05, 0) is 31.3 Å². The SMILES string of the molecule is CN(CC(=O)N1CC(=O)Nc2ccccc21)Cc1nc2ccccc2s1. The van der Waals surface area contributed by atoms with Gasteiger partial charge in [0.05, 0.1) is 34.7 Å². The van der Waals surface area contributed by atoms with E-state index in [-0.39, 0.29) is 24.9 Å². The maximum absolute atomic E-state index is 12.8. The monoisotopic (exact) mass is 366 g/mol. The van der Waals surface area contributed by atoms with Crippen LogP contribution in [-0.2, 0) is 16.1 Å². The summed E-state index contributed by atoms with van der Waals surface area (Å²) in [5, 5.41) is 3.77. The molecule has 1 aromatic heterocycles. The molecule has 0 atom stereocenters. The second-order valence-corrected chi connectivity index (χ2v) is 7.41. The number of anilines is 2. The van der Waals surface area contributed by atoms with Crippen LogP contribution in [0, 0.1) is 0 Å². The highest BCUT2D eigenvalue weighted by Gasteiger charge is 2.27. The van der Waals surface area contributed by atoms with Gasteiger partial charge in [-0.2, -0.15) is 0 Å². The Kier molecular flexibility index (Phi) is 4.40. The Hall–Kier alpha value is -2.77. The van der Waals surface area contributed by atoms with E-state index >= 15 is 0 Å². The van der Waals surface area contributed by atoms with Crippen LogP contribution in [0.2, 0.25) is 0 Å². The third-order valence-electron chi connectivity index (χ3n) is 4.22. The number of nitrogens with one attached hydrogen (secondary N) is 1. The van der Waals surface area contributed by atoms with Gasteiger partial charge in [-0.3, -0.25) is 19.4 Å². The van der Waals surface area contributed by atoms with Crippen LogP contribution in [0.1, 0.15) is 5.01 Å². The molecule has 0 radical (unpaired) electrons. The van der Waals surface area contributed by atoms with E-state index in [0.717, 1.165) is 20.9 Å². The van der Waals surface area contributed by atoms with Gasteiger partial charge in [0.1, 0.15) is 11.6 Å². The van der Waals surface area contributed by atoms with E-state index in [2.05, 4.69) is 10.3 Å². The number of carbonyl (C=O) groups excluding carboxylic acids is 2. The molecule has 0 spiro atoms. The highest BCUT2D eigenvalue weighted by molar-refractivity contribution is 7.18. The van der Waals surface area contributed by atoms with Crippen molar-refractivity contribution in [3.8, 4) is 0 Å². The normalized spacial score (nSPS) is 13.8. The van der Waals surface area contributed by atoms with Crippen molar-refractivity contribution < 1.29 is 9.59 Å². The lowest BCUT2D eigenvalue weighted by Crippen LogP contribution is -2.45. The number of nitrogens with zero attached hydrogens (tertiary/aromatic N) is 3. The van der Waals surface area contributed by atoms with Gasteiger partial charge in [0.2, 0.25) is 11.8 Å². The number of hydrogen-bond acceptors (Lipinski definition) is 5. The van der Waals surface area contributed by atoms with Gasteiger partial charge in [0.25, 0.3) is 0 Å². The molecule has 26 heavy (non-hydrogen) atoms. The quantitative estimate of drug-likeness (QED) is 0.771. The molecule has 6 nitrogen and oxygen atoms in total. The largest absolute Gasteiger partial charge is 0.323 e. The molecule has 0 saturated heterocycles. The van der Waals surface area contributed by atoms with E-state index in [1.165, 1.54) is 0 Å². The van der Waals surface area contributed by atoms with Crippen LogP contribution in [-0.4, -0.2) is 41.8 Å². The molecule has 7 heteroatoms. The van der Waals surface area contributed by atoms with E-state index < -0.39 is 0 Å². The van der Waals surface area contributed by atoms with Gasteiger partial charge in [0, 0.05) is 0 Å². The zero-order valence-corrected chi connectivity index (χ0v) is 15.1. The number of rotatable bonds is 4. The Morgan fingerprint density at radius 2 is 2.00 bits per heavy atom. The Morgan fingerprint density at radius 1 is 1.23 bits per heavy atom. The average molecular weight is 366 g/mol. The standard InChI is InChI=1S/C19H18N4O2S/c1-22(11-18-21-14-7-3-5-9-16(14)26-18)12-19(25)23-10-17(24)20-13-6-2-4-8-15(13)23/h2-9H,10-12H2,1H3,(H,20,24). The zero-order chi connectivity index (χ0) is 18.1. The molecule has 2 aromatic carbocycles. The van der Waals surface area contributed by atoms with E-state index in [1.807, 2.05) is 54.4 Å². The molecule has 1 N–H and O–H groups in total. The van der Waals surface area contributed by atoms with Crippen LogP contribution < -0.4 is 10.2 Å². The lowest BCUT2D eigenvalue weighted by Gasteiger charge is -2.30. The molecule has 4 rings (SSSR count). The van der Waals surface area contributed by atoms with Gasteiger partial charge in [-0.25, -0.2) is 4.98 Å². The van der Waals surface area contributed by atoms with Crippen molar-refractivity contribution in [3.63, 3.8) is 0 Å². The molecule has 1 aliphatic heterocycles. The summed E-state index contributed by atoms with van der Waals surface area (Å²) in [7, 11) is 1.89. The number of fused-ring (bicyclic) bond motifs is 2. The predicted octanol–water partition coefficient (Wildman–Crippen LogP) is 2.71. The minimum atomic E-state index is -0.175. The second kappa shape index (κ2) is 6.86. The zero-order valence-electron chi connectivity index (χ0n) is 14.3. The molecular weight excluding hydrogens is 348 g/mol. The maximum atomic E-state index is 12.8. The number of amides is 2. The molecule has 3 aromatic rings. The number of carbonyl (C=O) groups is 2. The molecule has 0 aliphatic carbocycles. The lowest BCUT2D eigenvalue weighted by molar-refractivity contribution is -0.122. The summed E-state index contributed by atoms with van der Waals surface area (Å²) in [5.74, 6) is -0.276. The number of para-hydroxylation sites is 3. The topological polar surface area (TPSA) is 65.5 Å². The number of likely N-dealkylation sites (N-methyl/N-ethyl adjacent to an activating group) is 1. The summed E-state index contributed by atoms with van der Waals surface area (Å²) in [6.45, 7) is 0.856. The van der Waals surface area contributed by atoms with Crippen LogP contribution >= 0.6 is 11.3 Å². The van der Waals surface area contributed by atoms with Crippen molar-refractivity contribution in [2.24, 2.45) is 0 Å². The van der Waals surface area contributed by atoms with Gasteiger partial charge in [0.15, 0.2) is 0 Å². The minimum absolute atomic E-state index is 0.0465. The van der Waals surface area contributed by atoms with Crippen molar-refractivity contribution >= 4 is 44.7 Å². The van der Waals surface area contributed by atoms with E-state index in [9.17, 15) is 9.59 Å². The van der Waals surface area contributed by atoms with Gasteiger partial charge in [-0.1, -0.05) is 24.3 Å². The van der Waals surface area contributed by atoms with Crippen LogP contribution in [0.15, 0.2) is 48.5 Å². The predicted molar refractivity (Wildman–Crippen MR) is 103 cm³/mol. The Balaban J connectivity index is 1.46. The van der Waals surface area contributed by atoms with Crippen molar-refractivity contribution in [2.45, 2.75) is 6.54 Å². The third-order valence-corrected chi connectivity index (χ3v) is 5.24. The summed E-state index contributed by atoms with van der Waals surface area (Å²) >= 11 is 1.64.